The normalized spacial score (nSPS) is 14.2. The van der Waals surface area contributed by atoms with Gasteiger partial charge in [0.2, 0.25) is 0 Å². The Labute approximate surface area is 209 Å². The first kappa shape index (κ1) is 23.8. The molecule has 0 unspecified atom stereocenters. The van der Waals surface area contributed by atoms with E-state index in [0.717, 1.165) is 36.7 Å². The molecule has 0 bridgehead atoms. The van der Waals surface area contributed by atoms with Gasteiger partial charge >= 0.3 is 0 Å². The van der Waals surface area contributed by atoms with Crippen molar-refractivity contribution in [3.05, 3.63) is 101 Å². The first-order valence-electron chi connectivity index (χ1n) is 12.1. The van der Waals surface area contributed by atoms with Crippen molar-refractivity contribution in [1.82, 2.24) is 19.6 Å². The molecule has 0 saturated carbocycles. The molecule has 0 radical (unpaired) electrons. The highest BCUT2D eigenvalue weighted by Gasteiger charge is 2.25. The molecule has 36 heavy (non-hydrogen) atoms. The third-order valence-electron chi connectivity index (χ3n) is 6.55. The minimum atomic E-state index is -0.319. The molecule has 3 heterocycles. The maximum atomic E-state index is 13.0. The summed E-state index contributed by atoms with van der Waals surface area (Å²) in [4.78, 5) is 17.2. The fourth-order valence-electron chi connectivity index (χ4n) is 4.47. The number of piperazine rings is 1. The van der Waals surface area contributed by atoms with Crippen molar-refractivity contribution in [3.8, 4) is 11.4 Å². The van der Waals surface area contributed by atoms with Crippen LogP contribution in [0.4, 0.5) is 4.39 Å². The van der Waals surface area contributed by atoms with Gasteiger partial charge in [-0.2, -0.15) is 5.10 Å². The van der Waals surface area contributed by atoms with E-state index in [1.54, 1.807) is 24.3 Å². The maximum absolute atomic E-state index is 13.0. The van der Waals surface area contributed by atoms with E-state index >= 15 is 0 Å². The number of carbonyl (C=O) groups is 1. The molecular formula is C28H29FN4O3. The van der Waals surface area contributed by atoms with E-state index in [1.807, 2.05) is 27.8 Å². The summed E-state index contributed by atoms with van der Waals surface area (Å²) in [5.41, 5.74) is 4.46. The van der Waals surface area contributed by atoms with Crippen LogP contribution in [0.3, 0.4) is 0 Å². The number of ether oxygens (including phenoxy) is 1. The Hall–Kier alpha value is -3.91. The molecule has 2 aromatic heterocycles. The molecule has 1 aliphatic rings. The Morgan fingerprint density at radius 2 is 1.69 bits per heavy atom. The lowest BCUT2D eigenvalue weighted by molar-refractivity contribution is 0.0593. The summed E-state index contributed by atoms with van der Waals surface area (Å²) < 4.78 is 26.4. The van der Waals surface area contributed by atoms with Crippen molar-refractivity contribution in [2.24, 2.45) is 0 Å². The molecule has 2 aromatic carbocycles. The molecule has 1 amide bonds. The quantitative estimate of drug-likeness (QED) is 0.375. The van der Waals surface area contributed by atoms with Crippen LogP contribution in [0.2, 0.25) is 0 Å². The monoisotopic (exact) mass is 488 g/mol. The van der Waals surface area contributed by atoms with Crippen molar-refractivity contribution >= 4 is 5.91 Å². The largest absolute Gasteiger partial charge is 0.486 e. The average Bonchev–Trinajstić information content (AvgIpc) is 3.49. The van der Waals surface area contributed by atoms with E-state index in [4.69, 9.17) is 14.3 Å². The fraction of sp³-hybridized carbons (Fsp3) is 0.286. The number of aryl methyl sites for hydroxylation is 1. The number of benzene rings is 2. The van der Waals surface area contributed by atoms with Crippen LogP contribution in [0.15, 0.2) is 71.1 Å². The molecule has 0 spiro atoms. The zero-order chi connectivity index (χ0) is 25.1. The Balaban J connectivity index is 1.15. The molecule has 1 saturated heterocycles. The minimum Gasteiger partial charge on any atom is -0.486 e. The summed E-state index contributed by atoms with van der Waals surface area (Å²) in [7, 11) is 0. The second kappa shape index (κ2) is 10.4. The number of furan rings is 1. The van der Waals surface area contributed by atoms with Crippen LogP contribution in [-0.4, -0.2) is 51.7 Å². The number of hydrogen-bond acceptors (Lipinski definition) is 5. The van der Waals surface area contributed by atoms with Crippen LogP contribution in [-0.2, 0) is 13.2 Å². The van der Waals surface area contributed by atoms with Gasteiger partial charge in [0.15, 0.2) is 5.76 Å². The first-order valence-corrected chi connectivity index (χ1v) is 12.1. The van der Waals surface area contributed by atoms with Gasteiger partial charge < -0.3 is 14.1 Å². The summed E-state index contributed by atoms with van der Waals surface area (Å²) in [6.45, 7) is 7.95. The molecule has 4 aromatic rings. The minimum absolute atomic E-state index is 0.119. The van der Waals surface area contributed by atoms with Crippen molar-refractivity contribution in [2.75, 3.05) is 26.2 Å². The number of hydrogen-bond donors (Lipinski definition) is 0. The lowest BCUT2D eigenvalue weighted by Gasteiger charge is -2.34. The van der Waals surface area contributed by atoms with Gasteiger partial charge in [-0.1, -0.05) is 18.2 Å². The van der Waals surface area contributed by atoms with Crippen LogP contribution in [0.1, 0.15) is 33.3 Å². The van der Waals surface area contributed by atoms with E-state index in [1.165, 1.54) is 17.7 Å². The van der Waals surface area contributed by atoms with Gasteiger partial charge in [-0.15, -0.1) is 0 Å². The Morgan fingerprint density at radius 1 is 0.972 bits per heavy atom. The van der Waals surface area contributed by atoms with E-state index in [2.05, 4.69) is 30.9 Å². The summed E-state index contributed by atoms with van der Waals surface area (Å²) in [5.74, 6) is 0.948. The highest BCUT2D eigenvalue weighted by Crippen LogP contribution is 2.21. The molecule has 1 aliphatic heterocycles. The van der Waals surface area contributed by atoms with Gasteiger partial charge in [-0.25, -0.2) is 9.07 Å². The molecule has 1 fully saturated rings. The summed E-state index contributed by atoms with van der Waals surface area (Å²) in [6.07, 6.45) is 0. The number of amides is 1. The molecule has 0 N–H and O–H groups in total. The van der Waals surface area contributed by atoms with Gasteiger partial charge in [-0.3, -0.25) is 9.69 Å². The van der Waals surface area contributed by atoms with Crippen molar-refractivity contribution in [2.45, 2.75) is 27.0 Å². The SMILES string of the molecule is Cc1nn(-c2ccccc2)c(C)c1CN1CCN(C(=O)c2ccc(COc3ccc(F)cc3)o2)CC1. The van der Waals surface area contributed by atoms with Gasteiger partial charge in [0.05, 0.1) is 11.4 Å². The van der Waals surface area contributed by atoms with Gasteiger partial charge in [0, 0.05) is 44.0 Å². The molecular weight excluding hydrogens is 459 g/mol. The third kappa shape index (κ3) is 5.18. The van der Waals surface area contributed by atoms with Crippen LogP contribution >= 0.6 is 0 Å². The van der Waals surface area contributed by atoms with E-state index in [0.29, 0.717) is 30.4 Å². The molecule has 0 aliphatic carbocycles. The van der Waals surface area contributed by atoms with Crippen LogP contribution < -0.4 is 4.74 Å². The second-order valence-corrected chi connectivity index (χ2v) is 8.97. The second-order valence-electron chi connectivity index (χ2n) is 8.97. The molecule has 8 heteroatoms. The number of para-hydroxylation sites is 1. The van der Waals surface area contributed by atoms with Crippen molar-refractivity contribution in [3.63, 3.8) is 0 Å². The number of rotatable bonds is 7. The first-order chi connectivity index (χ1) is 17.5. The lowest BCUT2D eigenvalue weighted by Crippen LogP contribution is -2.48. The highest BCUT2D eigenvalue weighted by molar-refractivity contribution is 5.91. The summed E-state index contributed by atoms with van der Waals surface area (Å²) in [5, 5.41) is 4.76. The Bertz CT molecular complexity index is 1320. The topological polar surface area (TPSA) is 63.7 Å². The molecule has 0 atom stereocenters. The molecule has 186 valence electrons. The number of halogens is 1. The summed E-state index contributed by atoms with van der Waals surface area (Å²) in [6, 6.07) is 19.4. The maximum Gasteiger partial charge on any atom is 0.289 e. The zero-order valence-electron chi connectivity index (χ0n) is 20.5. The molecule has 7 nitrogen and oxygen atoms in total. The van der Waals surface area contributed by atoms with Crippen LogP contribution in [0.25, 0.3) is 5.69 Å². The van der Waals surface area contributed by atoms with E-state index in [9.17, 15) is 9.18 Å². The highest BCUT2D eigenvalue weighted by atomic mass is 19.1. The van der Waals surface area contributed by atoms with E-state index in [-0.39, 0.29) is 18.3 Å². The Kier molecular flexibility index (Phi) is 6.86. The molecule has 5 rings (SSSR count). The van der Waals surface area contributed by atoms with Crippen molar-refractivity contribution in [1.29, 1.82) is 0 Å². The summed E-state index contributed by atoms with van der Waals surface area (Å²) >= 11 is 0. The van der Waals surface area contributed by atoms with Crippen LogP contribution in [0.5, 0.6) is 5.75 Å². The third-order valence-corrected chi connectivity index (χ3v) is 6.55. The number of aromatic nitrogens is 2. The van der Waals surface area contributed by atoms with Gasteiger partial charge in [-0.05, 0) is 62.4 Å². The standard InChI is InChI=1S/C28H29FN4O3/c1-20-26(21(2)33(30-20)23-6-4-3-5-7-23)18-31-14-16-32(17-15-31)28(34)27-13-12-25(36-27)19-35-24-10-8-22(29)9-11-24/h3-13H,14-19H2,1-2H3. The average molecular weight is 489 g/mol. The zero-order valence-corrected chi connectivity index (χ0v) is 20.5. The lowest BCUT2D eigenvalue weighted by atomic mass is 10.1. The predicted molar refractivity (Wildman–Crippen MR) is 134 cm³/mol. The number of carbonyl (C=O) groups excluding carboxylic acids is 1. The van der Waals surface area contributed by atoms with Crippen molar-refractivity contribution < 1.29 is 18.3 Å². The van der Waals surface area contributed by atoms with Crippen LogP contribution in [0, 0.1) is 19.7 Å². The smallest absolute Gasteiger partial charge is 0.289 e. The van der Waals surface area contributed by atoms with E-state index < -0.39 is 0 Å². The number of nitrogens with zero attached hydrogens (tertiary/aromatic N) is 4. The fourth-order valence-corrected chi connectivity index (χ4v) is 4.47. The predicted octanol–water partition coefficient (Wildman–Crippen LogP) is 4.76. The van der Waals surface area contributed by atoms with Gasteiger partial charge in [0.1, 0.15) is 23.9 Å². The van der Waals surface area contributed by atoms with Gasteiger partial charge in [0.25, 0.3) is 5.91 Å². The Morgan fingerprint density at radius 3 is 2.42 bits per heavy atom.